The summed E-state index contributed by atoms with van der Waals surface area (Å²) in [6.45, 7) is 1.88. The molecule has 0 fully saturated rings. The lowest BCUT2D eigenvalue weighted by Gasteiger charge is -2.22. The number of anilines is 1. The van der Waals surface area contributed by atoms with E-state index < -0.39 is 28.8 Å². The van der Waals surface area contributed by atoms with Gasteiger partial charge in [-0.1, -0.05) is 11.6 Å². The Bertz CT molecular complexity index is 810. The number of carbonyl (C=O) groups excluding carboxylic acids is 2. The standard InChI is InChI=1S/C18H18ClF3N2O4/c1-2-27-16(25)7-8-24(11-13-4-3-9-28-13)17(26)23-12-5-6-15(19)14(10-12)18(20,21)22/h3-6,9-10H,2,7-8,11H2,1H3,(H,23,26). The highest BCUT2D eigenvalue weighted by Crippen LogP contribution is 2.36. The first kappa shape index (κ1) is 21.6. The maximum atomic E-state index is 13.0. The smallest absolute Gasteiger partial charge is 0.417 e. The molecule has 0 unspecified atom stereocenters. The monoisotopic (exact) mass is 418 g/mol. The minimum atomic E-state index is -4.66. The third-order valence-electron chi connectivity index (χ3n) is 3.63. The Balaban J connectivity index is 2.14. The van der Waals surface area contributed by atoms with Crippen molar-refractivity contribution in [3.63, 3.8) is 0 Å². The van der Waals surface area contributed by atoms with Gasteiger partial charge < -0.3 is 19.4 Å². The van der Waals surface area contributed by atoms with Crippen molar-refractivity contribution in [2.45, 2.75) is 26.1 Å². The Morgan fingerprint density at radius 3 is 2.64 bits per heavy atom. The van der Waals surface area contributed by atoms with Gasteiger partial charge in [-0.2, -0.15) is 13.2 Å². The molecule has 1 aromatic carbocycles. The van der Waals surface area contributed by atoms with Crippen molar-refractivity contribution in [3.8, 4) is 0 Å². The number of ether oxygens (including phenoxy) is 1. The van der Waals surface area contributed by atoms with Crippen LogP contribution in [0.25, 0.3) is 0 Å². The number of nitrogens with zero attached hydrogens (tertiary/aromatic N) is 1. The van der Waals surface area contributed by atoms with E-state index in [9.17, 15) is 22.8 Å². The average Bonchev–Trinajstić information content (AvgIpc) is 3.12. The number of halogens is 4. The summed E-state index contributed by atoms with van der Waals surface area (Å²) in [6.07, 6.45) is -3.31. The minimum absolute atomic E-state index is 0.00884. The predicted molar refractivity (Wildman–Crippen MR) is 95.8 cm³/mol. The fraction of sp³-hybridized carbons (Fsp3) is 0.333. The molecule has 28 heavy (non-hydrogen) atoms. The molecule has 1 heterocycles. The highest BCUT2D eigenvalue weighted by molar-refractivity contribution is 6.31. The van der Waals surface area contributed by atoms with Crippen LogP contribution in [0.15, 0.2) is 41.0 Å². The Morgan fingerprint density at radius 2 is 2.04 bits per heavy atom. The van der Waals surface area contributed by atoms with Crippen LogP contribution in [-0.2, 0) is 22.3 Å². The van der Waals surface area contributed by atoms with Crippen LogP contribution in [-0.4, -0.2) is 30.1 Å². The number of benzene rings is 1. The van der Waals surface area contributed by atoms with Gasteiger partial charge in [-0.15, -0.1) is 0 Å². The maximum absolute atomic E-state index is 13.0. The molecule has 10 heteroatoms. The third kappa shape index (κ3) is 6.19. The second-order valence-corrected chi connectivity index (χ2v) is 6.09. The van der Waals surface area contributed by atoms with Gasteiger partial charge in [-0.05, 0) is 37.3 Å². The molecule has 0 aliphatic carbocycles. The molecule has 0 saturated heterocycles. The van der Waals surface area contributed by atoms with Crippen molar-refractivity contribution < 1.29 is 31.9 Å². The molecule has 0 radical (unpaired) electrons. The Labute approximate surface area is 164 Å². The van der Waals surface area contributed by atoms with Gasteiger partial charge in [0.15, 0.2) is 0 Å². The van der Waals surface area contributed by atoms with Crippen LogP contribution in [0.4, 0.5) is 23.7 Å². The summed E-state index contributed by atoms with van der Waals surface area (Å²) < 4.78 is 49.0. The molecule has 6 nitrogen and oxygen atoms in total. The largest absolute Gasteiger partial charge is 0.467 e. The lowest BCUT2D eigenvalue weighted by Crippen LogP contribution is -2.36. The first-order valence-corrected chi connectivity index (χ1v) is 8.69. The average molecular weight is 419 g/mol. The number of urea groups is 1. The molecule has 0 aliphatic heterocycles. The van der Waals surface area contributed by atoms with Crippen molar-refractivity contribution in [2.24, 2.45) is 0 Å². The molecule has 0 bridgehead atoms. The van der Waals surface area contributed by atoms with Crippen molar-refractivity contribution in [3.05, 3.63) is 52.9 Å². The quantitative estimate of drug-likeness (QED) is 0.646. The van der Waals surface area contributed by atoms with Crippen LogP contribution >= 0.6 is 11.6 Å². The van der Waals surface area contributed by atoms with Crippen molar-refractivity contribution in [1.29, 1.82) is 0 Å². The molecule has 152 valence electrons. The Morgan fingerprint density at radius 1 is 1.29 bits per heavy atom. The molecule has 0 aliphatic rings. The van der Waals surface area contributed by atoms with E-state index in [-0.39, 0.29) is 31.8 Å². The van der Waals surface area contributed by atoms with Gasteiger partial charge in [0.05, 0.1) is 36.4 Å². The number of alkyl halides is 3. The molecule has 0 spiro atoms. The summed E-state index contributed by atoms with van der Waals surface area (Å²) in [5, 5.41) is 1.91. The number of amides is 2. The number of esters is 1. The van der Waals surface area contributed by atoms with Gasteiger partial charge in [0.2, 0.25) is 0 Å². The summed E-state index contributed by atoms with van der Waals surface area (Å²) >= 11 is 5.58. The zero-order valence-electron chi connectivity index (χ0n) is 14.9. The lowest BCUT2D eigenvalue weighted by atomic mass is 10.2. The fourth-order valence-electron chi connectivity index (χ4n) is 2.33. The van der Waals surface area contributed by atoms with Gasteiger partial charge >= 0.3 is 18.2 Å². The number of rotatable bonds is 7. The lowest BCUT2D eigenvalue weighted by molar-refractivity contribution is -0.143. The van der Waals surface area contributed by atoms with Crippen LogP contribution in [0, 0.1) is 0 Å². The molecular formula is C18H18ClF3N2O4. The molecule has 0 atom stereocenters. The van der Waals surface area contributed by atoms with Crippen molar-refractivity contribution >= 4 is 29.3 Å². The molecule has 1 aromatic heterocycles. The van der Waals surface area contributed by atoms with Crippen LogP contribution in [0.5, 0.6) is 0 Å². The van der Waals surface area contributed by atoms with E-state index in [1.165, 1.54) is 17.2 Å². The van der Waals surface area contributed by atoms with E-state index in [1.807, 2.05) is 0 Å². The van der Waals surface area contributed by atoms with Crippen molar-refractivity contribution in [1.82, 2.24) is 4.90 Å². The number of furan rings is 1. The highest BCUT2D eigenvalue weighted by atomic mass is 35.5. The van der Waals surface area contributed by atoms with Crippen LogP contribution in [0.3, 0.4) is 0 Å². The second kappa shape index (κ2) is 9.50. The zero-order chi connectivity index (χ0) is 20.7. The Kier molecular flexibility index (Phi) is 7.33. The number of carbonyl (C=O) groups is 2. The molecule has 2 aromatic rings. The van der Waals surface area contributed by atoms with Crippen molar-refractivity contribution in [2.75, 3.05) is 18.5 Å². The molecule has 2 amide bonds. The predicted octanol–water partition coefficient (Wildman–Crippen LogP) is 4.94. The van der Waals surface area contributed by atoms with Gasteiger partial charge in [-0.25, -0.2) is 4.79 Å². The minimum Gasteiger partial charge on any atom is -0.467 e. The van der Waals surface area contributed by atoms with Gasteiger partial charge in [0.25, 0.3) is 0 Å². The summed E-state index contributed by atoms with van der Waals surface area (Å²) in [4.78, 5) is 25.4. The van der Waals surface area contributed by atoms with Gasteiger partial charge in [0.1, 0.15) is 5.76 Å². The van der Waals surface area contributed by atoms with Gasteiger partial charge in [-0.3, -0.25) is 4.79 Å². The summed E-state index contributed by atoms with van der Waals surface area (Å²) in [5.41, 5.74) is -1.14. The van der Waals surface area contributed by atoms with E-state index in [4.69, 9.17) is 20.8 Å². The fourth-order valence-corrected chi connectivity index (χ4v) is 2.55. The SMILES string of the molecule is CCOC(=O)CCN(Cc1ccco1)C(=O)Nc1ccc(Cl)c(C(F)(F)F)c1. The molecular weight excluding hydrogens is 401 g/mol. The maximum Gasteiger partial charge on any atom is 0.417 e. The number of hydrogen-bond acceptors (Lipinski definition) is 4. The zero-order valence-corrected chi connectivity index (χ0v) is 15.6. The third-order valence-corrected chi connectivity index (χ3v) is 3.96. The van der Waals surface area contributed by atoms with E-state index in [1.54, 1.807) is 19.1 Å². The second-order valence-electron chi connectivity index (χ2n) is 5.68. The highest BCUT2D eigenvalue weighted by Gasteiger charge is 2.33. The Hall–Kier alpha value is -2.68. The molecule has 2 rings (SSSR count). The van der Waals surface area contributed by atoms with E-state index in [0.29, 0.717) is 5.76 Å². The normalized spacial score (nSPS) is 11.2. The first-order valence-electron chi connectivity index (χ1n) is 8.31. The summed E-state index contributed by atoms with van der Waals surface area (Å²) in [6, 6.07) is 5.62. The summed E-state index contributed by atoms with van der Waals surface area (Å²) in [5.74, 6) is -0.0447. The van der Waals surface area contributed by atoms with Crippen LogP contribution in [0.2, 0.25) is 5.02 Å². The van der Waals surface area contributed by atoms with E-state index >= 15 is 0 Å². The van der Waals surface area contributed by atoms with E-state index in [0.717, 1.165) is 12.1 Å². The summed E-state index contributed by atoms with van der Waals surface area (Å²) in [7, 11) is 0. The topological polar surface area (TPSA) is 71.8 Å². The number of nitrogens with one attached hydrogen (secondary N) is 1. The number of hydrogen-bond donors (Lipinski definition) is 1. The van der Waals surface area contributed by atoms with Crippen LogP contribution in [0.1, 0.15) is 24.7 Å². The molecule has 1 N–H and O–H groups in total. The first-order chi connectivity index (χ1) is 13.2. The molecule has 0 saturated carbocycles. The van der Waals surface area contributed by atoms with E-state index in [2.05, 4.69) is 5.32 Å². The van der Waals surface area contributed by atoms with Gasteiger partial charge in [0, 0.05) is 12.2 Å². The van der Waals surface area contributed by atoms with Crippen LogP contribution < -0.4 is 5.32 Å².